The van der Waals surface area contributed by atoms with Gasteiger partial charge in [-0.05, 0) is 56.6 Å². The SMILES string of the molecule is O=C(CCc1c[nH]c2ccccc12)N1CCCC(N(C(=O)C2CC2)C2CCOCC2)C1. The van der Waals surface area contributed by atoms with Gasteiger partial charge in [-0.1, -0.05) is 18.2 Å². The average molecular weight is 424 g/mol. The van der Waals surface area contributed by atoms with Gasteiger partial charge in [-0.2, -0.15) is 0 Å². The van der Waals surface area contributed by atoms with E-state index in [2.05, 4.69) is 22.0 Å². The molecular formula is C25H33N3O3. The number of fused-ring (bicyclic) bond motifs is 1. The van der Waals surface area contributed by atoms with Crippen LogP contribution in [-0.4, -0.2) is 65.0 Å². The van der Waals surface area contributed by atoms with Gasteiger partial charge in [-0.15, -0.1) is 0 Å². The highest BCUT2D eigenvalue weighted by Crippen LogP contribution is 2.35. The molecule has 5 rings (SSSR count). The lowest BCUT2D eigenvalue weighted by Crippen LogP contribution is -2.56. The second-order valence-electron chi connectivity index (χ2n) is 9.36. The third-order valence-electron chi connectivity index (χ3n) is 7.19. The standard InChI is InChI=1S/C25H33N3O3/c29-24(10-9-19-16-26-23-6-2-1-5-22(19)23)27-13-3-4-21(17-27)28(25(30)18-7-8-18)20-11-14-31-15-12-20/h1-2,5-6,16,18,20-21,26H,3-4,7-15,17H2. The van der Waals surface area contributed by atoms with Crippen LogP contribution in [0.15, 0.2) is 30.5 Å². The van der Waals surface area contributed by atoms with Gasteiger partial charge in [0.25, 0.3) is 0 Å². The fourth-order valence-electron chi connectivity index (χ4n) is 5.31. The molecule has 2 amide bonds. The van der Waals surface area contributed by atoms with Crippen LogP contribution in [-0.2, 0) is 20.7 Å². The number of carbonyl (C=O) groups is 2. The molecule has 166 valence electrons. The Bertz CT molecular complexity index is 929. The van der Waals surface area contributed by atoms with E-state index in [1.54, 1.807) is 0 Å². The lowest BCUT2D eigenvalue weighted by atomic mass is 9.97. The van der Waals surface area contributed by atoms with Gasteiger partial charge in [-0.3, -0.25) is 9.59 Å². The Kier molecular flexibility index (Phi) is 5.99. The molecular weight excluding hydrogens is 390 g/mol. The van der Waals surface area contributed by atoms with Crippen molar-refractivity contribution >= 4 is 22.7 Å². The molecule has 6 nitrogen and oxygen atoms in total. The minimum absolute atomic E-state index is 0.155. The maximum absolute atomic E-state index is 13.2. The van der Waals surface area contributed by atoms with E-state index in [0.717, 1.165) is 70.2 Å². The number of piperidine rings is 1. The van der Waals surface area contributed by atoms with E-state index in [4.69, 9.17) is 4.74 Å². The highest BCUT2D eigenvalue weighted by Gasteiger charge is 2.41. The molecule has 3 aliphatic rings. The number of para-hydroxylation sites is 1. The molecule has 3 heterocycles. The molecule has 2 saturated heterocycles. The normalized spacial score (nSPS) is 22.6. The molecule has 1 atom stereocenters. The van der Waals surface area contributed by atoms with Crippen molar-refractivity contribution in [2.24, 2.45) is 5.92 Å². The number of amides is 2. The van der Waals surface area contributed by atoms with Crippen LogP contribution in [0.5, 0.6) is 0 Å². The molecule has 1 unspecified atom stereocenters. The molecule has 1 aromatic heterocycles. The summed E-state index contributed by atoms with van der Waals surface area (Å²) >= 11 is 0. The van der Waals surface area contributed by atoms with Crippen LogP contribution in [0, 0.1) is 5.92 Å². The lowest BCUT2D eigenvalue weighted by Gasteiger charge is -2.44. The van der Waals surface area contributed by atoms with Crippen LogP contribution in [0.3, 0.4) is 0 Å². The van der Waals surface area contributed by atoms with Crippen molar-refractivity contribution in [1.29, 1.82) is 0 Å². The highest BCUT2D eigenvalue weighted by molar-refractivity contribution is 5.84. The largest absolute Gasteiger partial charge is 0.381 e. The summed E-state index contributed by atoms with van der Waals surface area (Å²) in [6.07, 6.45) is 9.16. The van der Waals surface area contributed by atoms with Crippen molar-refractivity contribution in [3.05, 3.63) is 36.0 Å². The van der Waals surface area contributed by atoms with Gasteiger partial charge in [0.2, 0.25) is 11.8 Å². The van der Waals surface area contributed by atoms with Crippen LogP contribution >= 0.6 is 0 Å². The van der Waals surface area contributed by atoms with Crippen molar-refractivity contribution in [3.63, 3.8) is 0 Å². The molecule has 2 aliphatic heterocycles. The lowest BCUT2D eigenvalue weighted by molar-refractivity contribution is -0.145. The number of aryl methyl sites for hydroxylation is 1. The summed E-state index contributed by atoms with van der Waals surface area (Å²) in [6.45, 7) is 2.96. The second kappa shape index (κ2) is 9.03. The Hall–Kier alpha value is -2.34. The fourth-order valence-corrected chi connectivity index (χ4v) is 5.31. The van der Waals surface area contributed by atoms with E-state index < -0.39 is 0 Å². The van der Waals surface area contributed by atoms with Crippen molar-refractivity contribution in [2.75, 3.05) is 26.3 Å². The van der Waals surface area contributed by atoms with Gasteiger partial charge in [0.15, 0.2) is 0 Å². The van der Waals surface area contributed by atoms with E-state index in [1.165, 1.54) is 10.9 Å². The number of rotatable bonds is 6. The van der Waals surface area contributed by atoms with E-state index >= 15 is 0 Å². The molecule has 3 fully saturated rings. The summed E-state index contributed by atoms with van der Waals surface area (Å²) in [5.41, 5.74) is 2.32. The zero-order chi connectivity index (χ0) is 21.2. The fraction of sp³-hybridized carbons (Fsp3) is 0.600. The van der Waals surface area contributed by atoms with E-state index in [0.29, 0.717) is 18.9 Å². The molecule has 0 radical (unpaired) electrons. The Morgan fingerprint density at radius 3 is 2.68 bits per heavy atom. The number of nitrogens with zero attached hydrogens (tertiary/aromatic N) is 2. The van der Waals surface area contributed by atoms with E-state index in [-0.39, 0.29) is 23.9 Å². The van der Waals surface area contributed by atoms with Crippen molar-refractivity contribution in [1.82, 2.24) is 14.8 Å². The molecule has 0 spiro atoms. The molecule has 6 heteroatoms. The number of likely N-dealkylation sites (tertiary alicyclic amines) is 1. The number of nitrogens with one attached hydrogen (secondary N) is 1. The number of benzene rings is 1. The predicted octanol–water partition coefficient (Wildman–Crippen LogP) is 3.51. The number of hydrogen-bond donors (Lipinski definition) is 1. The number of H-pyrrole nitrogens is 1. The molecule has 1 aromatic carbocycles. The monoisotopic (exact) mass is 423 g/mol. The van der Waals surface area contributed by atoms with E-state index in [1.807, 2.05) is 23.2 Å². The second-order valence-corrected chi connectivity index (χ2v) is 9.36. The summed E-state index contributed by atoms with van der Waals surface area (Å²) in [6, 6.07) is 8.66. The Balaban J connectivity index is 1.24. The summed E-state index contributed by atoms with van der Waals surface area (Å²) in [4.78, 5) is 33.7. The maximum atomic E-state index is 13.2. The van der Waals surface area contributed by atoms with Crippen molar-refractivity contribution in [3.8, 4) is 0 Å². The maximum Gasteiger partial charge on any atom is 0.226 e. The van der Waals surface area contributed by atoms with Crippen molar-refractivity contribution in [2.45, 2.75) is 63.5 Å². The topological polar surface area (TPSA) is 65.6 Å². The van der Waals surface area contributed by atoms with Crippen LogP contribution in [0.4, 0.5) is 0 Å². The van der Waals surface area contributed by atoms with E-state index in [9.17, 15) is 9.59 Å². The zero-order valence-corrected chi connectivity index (χ0v) is 18.2. The molecule has 1 aliphatic carbocycles. The molecule has 0 bridgehead atoms. The van der Waals surface area contributed by atoms with Gasteiger partial charge in [0, 0.05) is 67.8 Å². The number of ether oxygens (including phenoxy) is 1. The summed E-state index contributed by atoms with van der Waals surface area (Å²) in [7, 11) is 0. The third-order valence-corrected chi connectivity index (χ3v) is 7.19. The van der Waals surface area contributed by atoms with Crippen LogP contribution in [0.25, 0.3) is 10.9 Å². The first-order valence-corrected chi connectivity index (χ1v) is 11.9. The Morgan fingerprint density at radius 2 is 1.87 bits per heavy atom. The minimum Gasteiger partial charge on any atom is -0.381 e. The number of aromatic nitrogens is 1. The zero-order valence-electron chi connectivity index (χ0n) is 18.2. The van der Waals surface area contributed by atoms with Gasteiger partial charge in [0.1, 0.15) is 0 Å². The molecule has 2 aromatic rings. The van der Waals surface area contributed by atoms with Crippen molar-refractivity contribution < 1.29 is 14.3 Å². The summed E-state index contributed by atoms with van der Waals surface area (Å²) in [5, 5.41) is 1.20. The highest BCUT2D eigenvalue weighted by atomic mass is 16.5. The van der Waals surface area contributed by atoms with Crippen LogP contribution < -0.4 is 0 Å². The Morgan fingerprint density at radius 1 is 1.06 bits per heavy atom. The number of hydrogen-bond acceptors (Lipinski definition) is 3. The number of aromatic amines is 1. The van der Waals surface area contributed by atoms with Crippen LogP contribution in [0.1, 0.15) is 50.5 Å². The summed E-state index contributed by atoms with van der Waals surface area (Å²) < 4.78 is 5.55. The smallest absolute Gasteiger partial charge is 0.226 e. The Labute approximate surface area is 183 Å². The van der Waals surface area contributed by atoms with Gasteiger partial charge in [0.05, 0.1) is 0 Å². The first-order valence-electron chi connectivity index (χ1n) is 11.9. The third kappa shape index (κ3) is 4.49. The van der Waals surface area contributed by atoms with Gasteiger partial charge >= 0.3 is 0 Å². The quantitative estimate of drug-likeness (QED) is 0.773. The first-order chi connectivity index (χ1) is 15.2. The molecule has 1 saturated carbocycles. The molecule has 31 heavy (non-hydrogen) atoms. The minimum atomic E-state index is 0.155. The van der Waals surface area contributed by atoms with Gasteiger partial charge < -0.3 is 19.5 Å². The first kappa shape index (κ1) is 20.6. The average Bonchev–Trinajstić information content (AvgIpc) is 3.59. The van der Waals surface area contributed by atoms with Gasteiger partial charge in [-0.25, -0.2) is 0 Å². The number of carbonyl (C=O) groups excluding carboxylic acids is 2. The van der Waals surface area contributed by atoms with Crippen LogP contribution in [0.2, 0.25) is 0 Å². The molecule has 1 N–H and O–H groups in total. The predicted molar refractivity (Wildman–Crippen MR) is 120 cm³/mol. The summed E-state index contributed by atoms with van der Waals surface area (Å²) in [5.74, 6) is 0.751.